The molecule has 0 fully saturated rings. The van der Waals surface area contributed by atoms with Crippen LogP contribution < -0.4 is 4.74 Å². The lowest BCUT2D eigenvalue weighted by Gasteiger charge is -2.18. The first kappa shape index (κ1) is 17.5. The van der Waals surface area contributed by atoms with Crippen molar-refractivity contribution in [2.24, 2.45) is 5.41 Å². The van der Waals surface area contributed by atoms with Crippen molar-refractivity contribution in [2.75, 3.05) is 6.61 Å². The number of halogens is 2. The molecule has 130 valence electrons. The van der Waals surface area contributed by atoms with E-state index in [1.165, 1.54) is 12.1 Å². The molecular weight excluding hydrogens is 343 g/mol. The summed E-state index contributed by atoms with van der Waals surface area (Å²) < 4.78 is 25.1. The van der Waals surface area contributed by atoms with Crippen molar-refractivity contribution in [3.63, 3.8) is 0 Å². The second kappa shape index (κ2) is 6.89. The summed E-state index contributed by atoms with van der Waals surface area (Å²) in [6, 6.07) is 12.0. The molecule has 0 saturated carbocycles. The third kappa shape index (κ3) is 4.02. The summed E-state index contributed by atoms with van der Waals surface area (Å²) in [5.74, 6) is -0.754. The normalized spacial score (nSPS) is 15.4. The molecule has 25 heavy (non-hydrogen) atoms. The first-order valence-corrected chi connectivity index (χ1v) is 8.30. The van der Waals surface area contributed by atoms with Gasteiger partial charge in [-0.2, -0.15) is 0 Å². The van der Waals surface area contributed by atoms with E-state index in [1.54, 1.807) is 6.08 Å². The molecule has 0 amide bonds. The maximum atomic E-state index is 14.0. The van der Waals surface area contributed by atoms with Crippen molar-refractivity contribution >= 4 is 23.1 Å². The largest absolute Gasteiger partial charge is 0.492 e. The van der Waals surface area contributed by atoms with Crippen LogP contribution in [0.4, 0.5) is 4.39 Å². The molecule has 1 aliphatic rings. The van der Waals surface area contributed by atoms with E-state index in [4.69, 9.17) is 21.1 Å². The smallest absolute Gasteiger partial charge is 0.338 e. The fraction of sp³-hybridized carbons (Fsp3) is 0.250. The Morgan fingerprint density at radius 1 is 1.28 bits per heavy atom. The fourth-order valence-electron chi connectivity index (χ4n) is 2.60. The summed E-state index contributed by atoms with van der Waals surface area (Å²) in [4.78, 5) is 12.7. The Kier molecular flexibility index (Phi) is 4.82. The molecule has 0 saturated heterocycles. The van der Waals surface area contributed by atoms with Gasteiger partial charge in [-0.25, -0.2) is 9.18 Å². The van der Waals surface area contributed by atoms with Gasteiger partial charge in [-0.05, 0) is 11.6 Å². The van der Waals surface area contributed by atoms with Crippen LogP contribution >= 0.6 is 11.6 Å². The maximum absolute atomic E-state index is 14.0. The van der Waals surface area contributed by atoms with Crippen molar-refractivity contribution < 1.29 is 18.7 Å². The number of rotatable bonds is 3. The number of carbonyl (C=O) groups is 1. The van der Waals surface area contributed by atoms with Crippen LogP contribution in [0.3, 0.4) is 0 Å². The summed E-state index contributed by atoms with van der Waals surface area (Å²) in [6.07, 6.45) is 1.76. The Labute approximate surface area is 151 Å². The van der Waals surface area contributed by atoms with E-state index in [2.05, 4.69) is 0 Å². The van der Waals surface area contributed by atoms with Crippen LogP contribution in [0.5, 0.6) is 5.75 Å². The Balaban J connectivity index is 1.93. The first-order chi connectivity index (χ1) is 11.9. The van der Waals surface area contributed by atoms with Crippen LogP contribution in [0.1, 0.15) is 25.0 Å². The summed E-state index contributed by atoms with van der Waals surface area (Å²) in [5, 5.41) is -0.0459. The lowest BCUT2D eigenvalue weighted by atomic mass is 9.90. The summed E-state index contributed by atoms with van der Waals surface area (Å²) in [7, 11) is 0. The number of fused-ring (bicyclic) bond motifs is 1. The van der Waals surface area contributed by atoms with Gasteiger partial charge in [0, 0.05) is 17.0 Å². The van der Waals surface area contributed by atoms with Crippen molar-refractivity contribution in [3.05, 3.63) is 70.5 Å². The molecule has 0 atom stereocenters. The third-order valence-electron chi connectivity index (χ3n) is 3.88. The molecular formula is C20H18ClFO3. The van der Waals surface area contributed by atoms with Crippen molar-refractivity contribution in [1.82, 2.24) is 0 Å². The van der Waals surface area contributed by atoms with Gasteiger partial charge in [0.15, 0.2) is 0 Å². The molecule has 3 nitrogen and oxygen atoms in total. The number of carbonyl (C=O) groups excluding carboxylic acids is 1. The van der Waals surface area contributed by atoms with E-state index in [0.29, 0.717) is 17.9 Å². The molecule has 2 aromatic carbocycles. The van der Waals surface area contributed by atoms with Gasteiger partial charge in [0.25, 0.3) is 0 Å². The highest BCUT2D eigenvalue weighted by molar-refractivity contribution is 6.31. The van der Waals surface area contributed by atoms with E-state index in [-0.39, 0.29) is 17.2 Å². The Morgan fingerprint density at radius 3 is 2.72 bits per heavy atom. The van der Waals surface area contributed by atoms with Gasteiger partial charge in [-0.1, -0.05) is 61.9 Å². The minimum atomic E-state index is -0.606. The molecule has 5 heteroatoms. The zero-order valence-electron chi connectivity index (χ0n) is 14.0. The van der Waals surface area contributed by atoms with Gasteiger partial charge in [-0.15, -0.1) is 0 Å². The number of ether oxygens (including phenoxy) is 2. The second-order valence-electron chi connectivity index (χ2n) is 6.66. The quantitative estimate of drug-likeness (QED) is 0.720. The molecule has 0 radical (unpaired) electrons. The zero-order valence-corrected chi connectivity index (χ0v) is 14.8. The van der Waals surface area contributed by atoms with Crippen LogP contribution in [-0.4, -0.2) is 12.6 Å². The van der Waals surface area contributed by atoms with Crippen LogP contribution in [0.25, 0.3) is 5.57 Å². The fourth-order valence-corrected chi connectivity index (χ4v) is 2.76. The van der Waals surface area contributed by atoms with Crippen LogP contribution in [0, 0.1) is 11.2 Å². The molecule has 0 aromatic heterocycles. The Bertz CT molecular complexity index is 828. The van der Waals surface area contributed by atoms with Crippen LogP contribution in [0.15, 0.2) is 48.5 Å². The summed E-state index contributed by atoms with van der Waals surface area (Å²) in [6.45, 7) is 4.35. The maximum Gasteiger partial charge on any atom is 0.338 e. The molecule has 2 aromatic rings. The molecule has 1 heterocycles. The van der Waals surface area contributed by atoms with E-state index in [0.717, 1.165) is 5.56 Å². The molecule has 0 N–H and O–H groups in total. The van der Waals surface area contributed by atoms with Crippen LogP contribution in [0.2, 0.25) is 5.02 Å². The minimum absolute atomic E-state index is 0.0459. The van der Waals surface area contributed by atoms with Gasteiger partial charge in [-0.3, -0.25) is 0 Å². The molecule has 0 unspecified atom stereocenters. The van der Waals surface area contributed by atoms with Gasteiger partial charge >= 0.3 is 5.97 Å². The Hall–Kier alpha value is -2.33. The predicted octanol–water partition coefficient (Wildman–Crippen LogP) is 5.02. The first-order valence-electron chi connectivity index (χ1n) is 7.92. The van der Waals surface area contributed by atoms with Gasteiger partial charge in [0.1, 0.15) is 18.2 Å². The topological polar surface area (TPSA) is 35.5 Å². The zero-order chi connectivity index (χ0) is 18.0. The average Bonchev–Trinajstić information content (AvgIpc) is 2.71. The number of hydrogen-bond acceptors (Lipinski definition) is 3. The van der Waals surface area contributed by atoms with E-state index in [1.807, 2.05) is 44.2 Å². The monoisotopic (exact) mass is 360 g/mol. The van der Waals surface area contributed by atoms with E-state index >= 15 is 0 Å². The molecule has 1 aliphatic heterocycles. The average molecular weight is 361 g/mol. The van der Waals surface area contributed by atoms with Gasteiger partial charge in [0.05, 0.1) is 17.2 Å². The number of benzene rings is 2. The van der Waals surface area contributed by atoms with Gasteiger partial charge in [0.2, 0.25) is 0 Å². The van der Waals surface area contributed by atoms with Crippen molar-refractivity contribution in [3.8, 4) is 5.75 Å². The SMILES string of the molecule is CC1(C)C=C(C(=O)OCc2ccccc2)c2cc(F)c(Cl)cc2OC1. The number of hydrogen-bond donors (Lipinski definition) is 0. The summed E-state index contributed by atoms with van der Waals surface area (Å²) >= 11 is 5.85. The lowest BCUT2D eigenvalue weighted by molar-refractivity contribution is -0.137. The highest BCUT2D eigenvalue weighted by Crippen LogP contribution is 2.38. The number of esters is 1. The standard InChI is InChI=1S/C20H18ClFO3/c1-20(2)10-15(19(23)24-11-13-6-4-3-5-7-13)14-8-17(22)16(21)9-18(14)25-12-20/h3-10H,11-12H2,1-2H3. The third-order valence-corrected chi connectivity index (χ3v) is 4.17. The second-order valence-corrected chi connectivity index (χ2v) is 7.07. The Morgan fingerprint density at radius 2 is 2.00 bits per heavy atom. The van der Waals surface area contributed by atoms with Crippen molar-refractivity contribution in [1.29, 1.82) is 0 Å². The highest BCUT2D eigenvalue weighted by atomic mass is 35.5. The minimum Gasteiger partial charge on any atom is -0.492 e. The van der Waals surface area contributed by atoms with E-state index < -0.39 is 17.2 Å². The molecule has 3 rings (SSSR count). The molecule has 0 bridgehead atoms. The van der Waals surface area contributed by atoms with Gasteiger partial charge < -0.3 is 9.47 Å². The van der Waals surface area contributed by atoms with E-state index in [9.17, 15) is 9.18 Å². The molecule has 0 aliphatic carbocycles. The predicted molar refractivity (Wildman–Crippen MR) is 94.9 cm³/mol. The highest BCUT2D eigenvalue weighted by Gasteiger charge is 2.29. The summed E-state index contributed by atoms with van der Waals surface area (Å²) in [5.41, 5.74) is 1.10. The lowest BCUT2D eigenvalue weighted by Crippen LogP contribution is -2.18. The van der Waals surface area contributed by atoms with Crippen molar-refractivity contribution in [2.45, 2.75) is 20.5 Å². The van der Waals surface area contributed by atoms with Crippen LogP contribution in [-0.2, 0) is 16.1 Å². The molecule has 0 spiro atoms.